The Morgan fingerprint density at radius 1 is 1.07 bits per heavy atom. The van der Waals surface area contributed by atoms with Gasteiger partial charge in [-0.1, -0.05) is 56.0 Å². The summed E-state index contributed by atoms with van der Waals surface area (Å²) in [6.45, 7) is 3.89. The second-order valence-corrected chi connectivity index (χ2v) is 8.31. The minimum Gasteiger partial charge on any atom is -0.452 e. The normalized spacial score (nSPS) is 22.6. The van der Waals surface area contributed by atoms with Crippen molar-refractivity contribution in [3.8, 4) is 0 Å². The van der Waals surface area contributed by atoms with Gasteiger partial charge in [0.1, 0.15) is 0 Å². The van der Waals surface area contributed by atoms with Crippen molar-refractivity contribution in [1.82, 2.24) is 10.2 Å². The molecule has 29 heavy (non-hydrogen) atoms. The van der Waals surface area contributed by atoms with Gasteiger partial charge in [-0.2, -0.15) is 0 Å². The summed E-state index contributed by atoms with van der Waals surface area (Å²) in [5.41, 5.74) is 1.03. The molecule has 1 aliphatic carbocycles. The summed E-state index contributed by atoms with van der Waals surface area (Å²) in [5.74, 6) is -1.30. The molecule has 0 aromatic heterocycles. The standard InChI is InChI=1S/C23H32N2O4/c1-16(18-10-6-5-7-11-18)25-15-19(14-21(25)26)23(28)29-17(2)22(27)24-20-12-8-3-4-9-13-20/h5-7,10-11,16-17,19-20H,3-4,8-9,12-15H2,1-2H3,(H,24,27)/t16-,17-,19+/m0/s1. The molecular formula is C23H32N2O4. The predicted molar refractivity (Wildman–Crippen MR) is 110 cm³/mol. The summed E-state index contributed by atoms with van der Waals surface area (Å²) in [6, 6.07) is 9.83. The third-order valence-corrected chi connectivity index (χ3v) is 6.10. The molecule has 1 aliphatic heterocycles. The number of carbonyl (C=O) groups excluding carboxylic acids is 3. The first-order chi connectivity index (χ1) is 14.0. The van der Waals surface area contributed by atoms with E-state index in [1.165, 1.54) is 12.8 Å². The Hall–Kier alpha value is -2.37. The van der Waals surface area contributed by atoms with Crippen molar-refractivity contribution in [2.24, 2.45) is 5.92 Å². The molecule has 3 rings (SSSR count). The van der Waals surface area contributed by atoms with Crippen LogP contribution in [-0.4, -0.2) is 41.4 Å². The van der Waals surface area contributed by atoms with Gasteiger partial charge in [0, 0.05) is 19.0 Å². The Balaban J connectivity index is 1.51. The highest BCUT2D eigenvalue weighted by Gasteiger charge is 2.39. The van der Waals surface area contributed by atoms with Crippen LogP contribution in [0.2, 0.25) is 0 Å². The molecule has 1 N–H and O–H groups in total. The van der Waals surface area contributed by atoms with Crippen molar-refractivity contribution < 1.29 is 19.1 Å². The largest absolute Gasteiger partial charge is 0.452 e. The summed E-state index contributed by atoms with van der Waals surface area (Å²) in [5, 5.41) is 3.02. The second kappa shape index (κ2) is 9.90. The van der Waals surface area contributed by atoms with E-state index < -0.39 is 18.0 Å². The van der Waals surface area contributed by atoms with Crippen molar-refractivity contribution in [2.45, 2.75) is 77.0 Å². The molecule has 6 heteroatoms. The summed E-state index contributed by atoms with van der Waals surface area (Å²) in [4.78, 5) is 39.2. The SMILES string of the molecule is C[C@H](OC(=O)[C@@H]1CC(=O)N([C@@H](C)c2ccccc2)C1)C(=O)NC1CCCCCC1. The number of benzene rings is 1. The Morgan fingerprint density at radius 2 is 1.72 bits per heavy atom. The number of nitrogens with zero attached hydrogens (tertiary/aromatic N) is 1. The van der Waals surface area contributed by atoms with E-state index in [2.05, 4.69) is 5.32 Å². The molecule has 0 radical (unpaired) electrons. The number of ether oxygens (including phenoxy) is 1. The topological polar surface area (TPSA) is 75.7 Å². The van der Waals surface area contributed by atoms with Crippen molar-refractivity contribution >= 4 is 17.8 Å². The molecule has 3 atom stereocenters. The van der Waals surface area contributed by atoms with E-state index in [1.807, 2.05) is 37.3 Å². The van der Waals surface area contributed by atoms with Gasteiger partial charge in [0.2, 0.25) is 5.91 Å². The fraction of sp³-hybridized carbons (Fsp3) is 0.609. The number of nitrogens with one attached hydrogen (secondary N) is 1. The molecule has 1 heterocycles. The lowest BCUT2D eigenvalue weighted by Gasteiger charge is -2.25. The Kier molecular flexibility index (Phi) is 7.29. The van der Waals surface area contributed by atoms with Crippen molar-refractivity contribution in [2.75, 3.05) is 6.54 Å². The molecule has 6 nitrogen and oxygen atoms in total. The minimum atomic E-state index is -0.846. The first kappa shape index (κ1) is 21.3. The fourth-order valence-electron chi connectivity index (χ4n) is 4.24. The molecule has 2 amide bonds. The van der Waals surface area contributed by atoms with Gasteiger partial charge in [0.15, 0.2) is 6.10 Å². The Labute approximate surface area is 173 Å². The molecule has 0 unspecified atom stereocenters. The molecule has 1 saturated carbocycles. The van der Waals surface area contributed by atoms with E-state index in [4.69, 9.17) is 4.74 Å². The quantitative estimate of drug-likeness (QED) is 0.587. The van der Waals surface area contributed by atoms with Crippen LogP contribution in [0.15, 0.2) is 30.3 Å². The van der Waals surface area contributed by atoms with Gasteiger partial charge < -0.3 is 15.0 Å². The minimum absolute atomic E-state index is 0.0566. The first-order valence-corrected chi connectivity index (χ1v) is 10.8. The van der Waals surface area contributed by atoms with Crippen LogP contribution in [0, 0.1) is 5.92 Å². The highest BCUT2D eigenvalue weighted by Crippen LogP contribution is 2.29. The zero-order valence-corrected chi connectivity index (χ0v) is 17.4. The van der Waals surface area contributed by atoms with Crippen molar-refractivity contribution in [3.05, 3.63) is 35.9 Å². The lowest BCUT2D eigenvalue weighted by molar-refractivity contribution is -0.158. The summed E-state index contributed by atoms with van der Waals surface area (Å²) < 4.78 is 5.42. The zero-order valence-electron chi connectivity index (χ0n) is 17.4. The molecule has 2 fully saturated rings. The predicted octanol–water partition coefficient (Wildman–Crippen LogP) is 3.37. The van der Waals surface area contributed by atoms with Crippen molar-refractivity contribution in [3.63, 3.8) is 0 Å². The number of amides is 2. The maximum atomic E-state index is 12.6. The Morgan fingerprint density at radius 3 is 2.38 bits per heavy atom. The highest BCUT2D eigenvalue weighted by atomic mass is 16.5. The van der Waals surface area contributed by atoms with E-state index in [0.29, 0.717) is 6.54 Å². The number of carbonyl (C=O) groups is 3. The summed E-state index contributed by atoms with van der Waals surface area (Å²) in [7, 11) is 0. The van der Waals surface area contributed by atoms with Crippen molar-refractivity contribution in [1.29, 1.82) is 0 Å². The zero-order chi connectivity index (χ0) is 20.8. The molecule has 0 bridgehead atoms. The monoisotopic (exact) mass is 400 g/mol. The average Bonchev–Trinajstić information content (AvgIpc) is 2.93. The van der Waals surface area contributed by atoms with Crippen LogP contribution in [0.3, 0.4) is 0 Å². The molecule has 1 saturated heterocycles. The third-order valence-electron chi connectivity index (χ3n) is 6.10. The van der Waals surface area contributed by atoms with Crippen LogP contribution in [0.1, 0.15) is 70.4 Å². The van der Waals surface area contributed by atoms with Crippen LogP contribution < -0.4 is 5.32 Å². The van der Waals surface area contributed by atoms with Gasteiger partial charge in [-0.3, -0.25) is 14.4 Å². The molecule has 158 valence electrons. The van der Waals surface area contributed by atoms with Crippen LogP contribution in [0.25, 0.3) is 0 Å². The van der Waals surface area contributed by atoms with Gasteiger partial charge in [-0.25, -0.2) is 0 Å². The van der Waals surface area contributed by atoms with E-state index in [1.54, 1.807) is 11.8 Å². The first-order valence-electron chi connectivity index (χ1n) is 10.8. The number of likely N-dealkylation sites (tertiary alicyclic amines) is 1. The number of hydrogen-bond donors (Lipinski definition) is 1. The lowest BCUT2D eigenvalue weighted by Crippen LogP contribution is -2.42. The smallest absolute Gasteiger partial charge is 0.312 e. The van der Waals surface area contributed by atoms with Gasteiger partial charge in [-0.05, 0) is 32.3 Å². The van der Waals surface area contributed by atoms with Gasteiger partial charge in [0.25, 0.3) is 5.91 Å². The third kappa shape index (κ3) is 5.58. The van der Waals surface area contributed by atoms with Crippen LogP contribution in [0.4, 0.5) is 0 Å². The van der Waals surface area contributed by atoms with Gasteiger partial charge in [-0.15, -0.1) is 0 Å². The van der Waals surface area contributed by atoms with E-state index >= 15 is 0 Å². The van der Waals surface area contributed by atoms with Crippen LogP contribution >= 0.6 is 0 Å². The summed E-state index contributed by atoms with van der Waals surface area (Å²) >= 11 is 0. The number of hydrogen-bond acceptors (Lipinski definition) is 4. The van der Waals surface area contributed by atoms with Gasteiger partial charge >= 0.3 is 5.97 Å². The number of esters is 1. The van der Waals surface area contributed by atoms with E-state index in [-0.39, 0.29) is 30.3 Å². The maximum Gasteiger partial charge on any atom is 0.312 e. The fourth-order valence-corrected chi connectivity index (χ4v) is 4.24. The molecular weight excluding hydrogens is 368 g/mol. The maximum absolute atomic E-state index is 12.6. The van der Waals surface area contributed by atoms with E-state index in [0.717, 1.165) is 31.2 Å². The molecule has 0 spiro atoms. The molecule has 1 aromatic rings. The van der Waals surface area contributed by atoms with Gasteiger partial charge in [0.05, 0.1) is 12.0 Å². The number of rotatable bonds is 6. The second-order valence-electron chi connectivity index (χ2n) is 8.31. The van der Waals surface area contributed by atoms with E-state index in [9.17, 15) is 14.4 Å². The average molecular weight is 401 g/mol. The molecule has 2 aliphatic rings. The van der Waals surface area contributed by atoms with Crippen LogP contribution in [-0.2, 0) is 19.1 Å². The summed E-state index contributed by atoms with van der Waals surface area (Å²) in [6.07, 6.45) is 5.92. The van der Waals surface area contributed by atoms with Crippen LogP contribution in [0.5, 0.6) is 0 Å². The highest BCUT2D eigenvalue weighted by molar-refractivity contribution is 5.89. The lowest BCUT2D eigenvalue weighted by atomic mass is 10.1. The Bertz CT molecular complexity index is 713. The molecule has 1 aromatic carbocycles.